The zero-order valence-corrected chi connectivity index (χ0v) is 19.9. The van der Waals surface area contributed by atoms with Gasteiger partial charge in [0.05, 0.1) is 17.8 Å². The molecule has 0 saturated carbocycles. The van der Waals surface area contributed by atoms with Gasteiger partial charge in [-0.15, -0.1) is 0 Å². The van der Waals surface area contributed by atoms with Gasteiger partial charge in [0.25, 0.3) is 0 Å². The maximum absolute atomic E-state index is 12.4. The number of amides is 2. The Balaban J connectivity index is 1.62. The molecule has 0 aliphatic carbocycles. The molecule has 1 saturated heterocycles. The summed E-state index contributed by atoms with van der Waals surface area (Å²) in [5, 5.41) is 3.39. The molecule has 2 aromatic carbocycles. The van der Waals surface area contributed by atoms with Crippen molar-refractivity contribution >= 4 is 56.8 Å². The highest BCUT2D eigenvalue weighted by Gasteiger charge is 2.21. The molecular formula is C23H25BrClN3O3. The summed E-state index contributed by atoms with van der Waals surface area (Å²) < 4.78 is 6.21. The topological polar surface area (TPSA) is 61.9 Å². The summed E-state index contributed by atoms with van der Waals surface area (Å²) in [4.78, 5) is 28.2. The maximum atomic E-state index is 12.4. The molecule has 0 aromatic heterocycles. The van der Waals surface area contributed by atoms with Crippen LogP contribution in [0.25, 0.3) is 6.08 Å². The number of hydrogen-bond acceptors (Lipinski definition) is 4. The number of nitrogens with zero attached hydrogens (tertiary/aromatic N) is 2. The van der Waals surface area contributed by atoms with Crippen LogP contribution >= 0.6 is 27.5 Å². The molecule has 2 amide bonds. The van der Waals surface area contributed by atoms with E-state index in [9.17, 15) is 9.59 Å². The third-order valence-corrected chi connectivity index (χ3v) is 5.89. The first-order chi connectivity index (χ1) is 14.9. The number of ether oxygens (including phenoxy) is 1. The van der Waals surface area contributed by atoms with Gasteiger partial charge in [0.2, 0.25) is 11.8 Å². The molecule has 0 spiro atoms. The summed E-state index contributed by atoms with van der Waals surface area (Å²) in [6.45, 7) is 4.71. The molecule has 8 heteroatoms. The van der Waals surface area contributed by atoms with Gasteiger partial charge in [-0.2, -0.15) is 0 Å². The zero-order chi connectivity index (χ0) is 22.4. The highest BCUT2D eigenvalue weighted by atomic mass is 79.9. The van der Waals surface area contributed by atoms with Crippen molar-refractivity contribution < 1.29 is 14.3 Å². The smallest absolute Gasteiger partial charge is 0.248 e. The van der Waals surface area contributed by atoms with Crippen molar-refractivity contribution in [2.75, 3.05) is 43.5 Å². The number of anilines is 2. The van der Waals surface area contributed by atoms with E-state index in [1.54, 1.807) is 19.3 Å². The molecule has 1 aliphatic heterocycles. The molecule has 6 nitrogen and oxygen atoms in total. The van der Waals surface area contributed by atoms with Crippen LogP contribution in [-0.2, 0) is 9.59 Å². The van der Waals surface area contributed by atoms with Gasteiger partial charge in [-0.05, 0) is 42.5 Å². The van der Waals surface area contributed by atoms with E-state index in [0.717, 1.165) is 28.8 Å². The van der Waals surface area contributed by atoms with E-state index in [1.807, 2.05) is 42.2 Å². The predicted octanol–water partition coefficient (Wildman–Crippen LogP) is 4.82. The predicted molar refractivity (Wildman–Crippen MR) is 129 cm³/mol. The van der Waals surface area contributed by atoms with Crippen molar-refractivity contribution in [2.24, 2.45) is 0 Å². The SMILES string of the molecule is CCC(=O)N1CCN(c2ccc(NC(=O)/C=C/c3cc(Br)ccc3OC)cc2Cl)CC1. The number of hydrogen-bond donors (Lipinski definition) is 1. The number of methoxy groups -OCH3 is 1. The Morgan fingerprint density at radius 3 is 2.55 bits per heavy atom. The Morgan fingerprint density at radius 1 is 1.16 bits per heavy atom. The fourth-order valence-corrected chi connectivity index (χ4v) is 4.13. The van der Waals surface area contributed by atoms with Crippen molar-refractivity contribution in [2.45, 2.75) is 13.3 Å². The quantitative estimate of drug-likeness (QED) is 0.571. The minimum Gasteiger partial charge on any atom is -0.496 e. The summed E-state index contributed by atoms with van der Waals surface area (Å²) in [5.74, 6) is 0.593. The van der Waals surface area contributed by atoms with Gasteiger partial charge in [0, 0.05) is 54.4 Å². The molecule has 1 aliphatic rings. The van der Waals surface area contributed by atoms with Crippen LogP contribution in [0.4, 0.5) is 11.4 Å². The minimum atomic E-state index is -0.266. The van der Waals surface area contributed by atoms with Crippen LogP contribution in [0.5, 0.6) is 5.75 Å². The van der Waals surface area contributed by atoms with E-state index >= 15 is 0 Å². The Bertz CT molecular complexity index is 988. The molecule has 3 rings (SSSR count). The highest BCUT2D eigenvalue weighted by molar-refractivity contribution is 9.10. The Morgan fingerprint density at radius 2 is 1.90 bits per heavy atom. The van der Waals surface area contributed by atoms with Crippen molar-refractivity contribution in [1.29, 1.82) is 0 Å². The monoisotopic (exact) mass is 505 g/mol. The lowest BCUT2D eigenvalue weighted by Gasteiger charge is -2.36. The molecule has 0 unspecified atom stereocenters. The van der Waals surface area contributed by atoms with Crippen LogP contribution in [-0.4, -0.2) is 50.0 Å². The highest BCUT2D eigenvalue weighted by Crippen LogP contribution is 2.30. The Kier molecular flexibility index (Phi) is 7.98. The molecule has 164 valence electrons. The summed E-state index contributed by atoms with van der Waals surface area (Å²) in [6, 6.07) is 11.1. The Labute approximate surface area is 195 Å². The van der Waals surface area contributed by atoms with Gasteiger partial charge >= 0.3 is 0 Å². The first-order valence-corrected chi connectivity index (χ1v) is 11.2. The fraction of sp³-hybridized carbons (Fsp3) is 0.304. The molecule has 1 N–H and O–H groups in total. The van der Waals surface area contributed by atoms with Gasteiger partial charge in [-0.25, -0.2) is 0 Å². The first-order valence-electron chi connectivity index (χ1n) is 10.1. The Hall–Kier alpha value is -2.51. The number of benzene rings is 2. The van der Waals surface area contributed by atoms with Gasteiger partial charge in [0.1, 0.15) is 5.75 Å². The molecule has 0 radical (unpaired) electrons. The van der Waals surface area contributed by atoms with Gasteiger partial charge in [-0.3, -0.25) is 9.59 Å². The van der Waals surface area contributed by atoms with E-state index in [2.05, 4.69) is 26.1 Å². The van der Waals surface area contributed by atoms with Crippen LogP contribution in [0.2, 0.25) is 5.02 Å². The van der Waals surface area contributed by atoms with Crippen LogP contribution < -0.4 is 15.0 Å². The lowest BCUT2D eigenvalue weighted by Crippen LogP contribution is -2.48. The molecule has 0 atom stereocenters. The molecule has 1 heterocycles. The van der Waals surface area contributed by atoms with Gasteiger partial charge in [0.15, 0.2) is 0 Å². The zero-order valence-electron chi connectivity index (χ0n) is 17.5. The van der Waals surface area contributed by atoms with E-state index in [-0.39, 0.29) is 11.8 Å². The van der Waals surface area contributed by atoms with Crippen LogP contribution in [0.1, 0.15) is 18.9 Å². The van der Waals surface area contributed by atoms with Crippen molar-refractivity contribution in [1.82, 2.24) is 4.90 Å². The van der Waals surface area contributed by atoms with Crippen molar-refractivity contribution in [3.8, 4) is 5.75 Å². The van der Waals surface area contributed by atoms with E-state index in [0.29, 0.717) is 36.0 Å². The lowest BCUT2D eigenvalue weighted by atomic mass is 10.2. The molecule has 2 aromatic rings. The van der Waals surface area contributed by atoms with Crippen molar-refractivity contribution in [3.05, 3.63) is 57.5 Å². The second-order valence-electron chi connectivity index (χ2n) is 7.10. The van der Waals surface area contributed by atoms with Gasteiger partial charge in [-0.1, -0.05) is 34.5 Å². The lowest BCUT2D eigenvalue weighted by molar-refractivity contribution is -0.131. The maximum Gasteiger partial charge on any atom is 0.248 e. The summed E-state index contributed by atoms with van der Waals surface area (Å²) >= 11 is 9.91. The second kappa shape index (κ2) is 10.7. The molecular weight excluding hydrogens is 482 g/mol. The minimum absolute atomic E-state index is 0.178. The van der Waals surface area contributed by atoms with E-state index < -0.39 is 0 Å². The number of halogens is 2. The van der Waals surface area contributed by atoms with Crippen LogP contribution in [0.15, 0.2) is 46.9 Å². The normalized spacial score (nSPS) is 14.1. The van der Waals surface area contributed by atoms with E-state index in [1.165, 1.54) is 6.08 Å². The standard InChI is InChI=1S/C23H25BrClN3O3/c1-3-23(30)28-12-10-27(11-13-28)20-7-6-18(15-19(20)25)26-22(29)9-4-16-14-17(24)5-8-21(16)31-2/h4-9,14-15H,3,10-13H2,1-2H3,(H,26,29)/b9-4+. The van der Waals surface area contributed by atoms with Crippen LogP contribution in [0, 0.1) is 0 Å². The largest absolute Gasteiger partial charge is 0.496 e. The third-order valence-electron chi connectivity index (χ3n) is 5.10. The summed E-state index contributed by atoms with van der Waals surface area (Å²) in [5.41, 5.74) is 2.31. The van der Waals surface area contributed by atoms with E-state index in [4.69, 9.17) is 16.3 Å². The fourth-order valence-electron chi connectivity index (χ4n) is 3.45. The number of carbonyl (C=O) groups excluding carboxylic acids is 2. The number of carbonyl (C=O) groups is 2. The van der Waals surface area contributed by atoms with Gasteiger partial charge < -0.3 is 19.9 Å². The molecule has 1 fully saturated rings. The van der Waals surface area contributed by atoms with Crippen molar-refractivity contribution in [3.63, 3.8) is 0 Å². The summed E-state index contributed by atoms with van der Waals surface area (Å²) in [6.07, 6.45) is 3.68. The number of rotatable bonds is 6. The summed E-state index contributed by atoms with van der Waals surface area (Å²) in [7, 11) is 1.59. The van der Waals surface area contributed by atoms with Crippen LogP contribution in [0.3, 0.4) is 0 Å². The average Bonchev–Trinajstić information content (AvgIpc) is 2.77. The average molecular weight is 507 g/mol. The number of nitrogens with one attached hydrogen (secondary N) is 1. The second-order valence-corrected chi connectivity index (χ2v) is 8.42. The molecule has 0 bridgehead atoms. The third kappa shape index (κ3) is 6.02. The first kappa shape index (κ1) is 23.2. The number of piperazine rings is 1. The molecule has 31 heavy (non-hydrogen) atoms.